The van der Waals surface area contributed by atoms with Gasteiger partial charge in [-0.25, -0.2) is 0 Å². The first-order valence-electron chi connectivity index (χ1n) is 14.6. The molecule has 1 atom stereocenters. The topological polar surface area (TPSA) is 125 Å². The highest BCUT2D eigenvalue weighted by Gasteiger charge is 2.20. The van der Waals surface area contributed by atoms with E-state index in [4.69, 9.17) is 9.42 Å². The van der Waals surface area contributed by atoms with Gasteiger partial charge in [0, 0.05) is 50.5 Å². The van der Waals surface area contributed by atoms with E-state index in [9.17, 15) is 18.9 Å². The number of anilines is 1. The van der Waals surface area contributed by atoms with Gasteiger partial charge in [0.2, 0.25) is 17.7 Å². The van der Waals surface area contributed by atoms with E-state index in [2.05, 4.69) is 16.7 Å². The van der Waals surface area contributed by atoms with E-state index in [0.717, 1.165) is 48.1 Å². The van der Waals surface area contributed by atoms with Crippen molar-refractivity contribution < 1.29 is 28.4 Å². The Labute approximate surface area is 262 Å². The Balaban J connectivity index is 1.24. The fourth-order valence-corrected chi connectivity index (χ4v) is 6.87. The zero-order valence-electron chi connectivity index (χ0n) is 24.7. The molecule has 0 saturated carbocycles. The molecular formula is C31H42N3O6PS2. The number of hydrogen-bond acceptors (Lipinski definition) is 7. The highest BCUT2D eigenvalue weighted by Crippen LogP contribution is 2.36. The van der Waals surface area contributed by atoms with Crippen molar-refractivity contribution in [3.05, 3.63) is 65.2 Å². The van der Waals surface area contributed by atoms with Crippen molar-refractivity contribution >= 4 is 64.7 Å². The summed E-state index contributed by atoms with van der Waals surface area (Å²) in [4.78, 5) is 48.4. The number of nitrogens with zero attached hydrogens (tertiary/aromatic N) is 1. The van der Waals surface area contributed by atoms with Crippen LogP contribution in [0.15, 0.2) is 48.5 Å². The van der Waals surface area contributed by atoms with Gasteiger partial charge >= 0.3 is 7.60 Å². The highest BCUT2D eigenvalue weighted by molar-refractivity contribution is 8.76. The van der Waals surface area contributed by atoms with Crippen molar-refractivity contribution in [2.24, 2.45) is 0 Å². The van der Waals surface area contributed by atoms with Gasteiger partial charge in [-0.05, 0) is 35.6 Å². The average molecular weight is 648 g/mol. The maximum absolute atomic E-state index is 13.3. The number of amides is 3. The normalized spacial score (nSPS) is 14.4. The molecule has 43 heavy (non-hydrogen) atoms. The zero-order chi connectivity index (χ0) is 30.9. The summed E-state index contributed by atoms with van der Waals surface area (Å²) in [5.74, 6) is 1.17. The number of fused-ring (bicyclic) bond motifs is 2. The van der Waals surface area contributed by atoms with Crippen LogP contribution in [0.4, 0.5) is 5.69 Å². The lowest BCUT2D eigenvalue weighted by Gasteiger charge is -2.27. The van der Waals surface area contributed by atoms with Gasteiger partial charge in [0.25, 0.3) is 0 Å². The van der Waals surface area contributed by atoms with Gasteiger partial charge in [-0.1, -0.05) is 89.0 Å². The van der Waals surface area contributed by atoms with Crippen molar-refractivity contribution in [2.45, 2.75) is 51.5 Å². The summed E-state index contributed by atoms with van der Waals surface area (Å²) in [6.45, 7) is 2.82. The molecule has 3 rings (SSSR count). The predicted octanol–water partition coefficient (Wildman–Crippen LogP) is 5.88. The van der Waals surface area contributed by atoms with E-state index in [-0.39, 0.29) is 37.3 Å². The molecule has 1 aliphatic heterocycles. The highest BCUT2D eigenvalue weighted by atomic mass is 33.1. The molecule has 0 bridgehead atoms. The number of unbranched alkanes of at least 4 members (excludes halogenated alkanes) is 3. The van der Waals surface area contributed by atoms with Gasteiger partial charge in [-0.15, -0.1) is 0 Å². The molecule has 2 aromatic rings. The van der Waals surface area contributed by atoms with E-state index in [1.54, 1.807) is 26.5 Å². The Morgan fingerprint density at radius 2 is 1.44 bits per heavy atom. The summed E-state index contributed by atoms with van der Waals surface area (Å²) in [5, 5.41) is 5.77. The third-order valence-electron chi connectivity index (χ3n) is 6.65. The Kier molecular flexibility index (Phi) is 15.4. The Morgan fingerprint density at radius 3 is 2.16 bits per heavy atom. The maximum atomic E-state index is 13.3. The molecule has 12 heteroatoms. The third-order valence-corrected chi connectivity index (χ3v) is 9.72. The second-order valence-corrected chi connectivity index (χ2v) is 14.8. The number of nitrogens with one attached hydrogen (secondary N) is 2. The second kappa shape index (κ2) is 19.0. The molecule has 1 unspecified atom stereocenters. The molecule has 3 N–H and O–H groups in total. The van der Waals surface area contributed by atoms with Crippen LogP contribution in [0.3, 0.4) is 0 Å². The minimum Gasteiger partial charge on any atom is -0.356 e. The lowest BCUT2D eigenvalue weighted by Crippen LogP contribution is -2.35. The third kappa shape index (κ3) is 13.7. The molecule has 1 aliphatic rings. The number of para-hydroxylation sites is 1. The Morgan fingerprint density at radius 1 is 0.837 bits per heavy atom. The van der Waals surface area contributed by atoms with Crippen LogP contribution in [0.25, 0.3) is 12.2 Å². The molecule has 0 saturated heterocycles. The van der Waals surface area contributed by atoms with Crippen LogP contribution >= 0.6 is 29.2 Å². The van der Waals surface area contributed by atoms with Crippen molar-refractivity contribution in [2.75, 3.05) is 42.8 Å². The van der Waals surface area contributed by atoms with E-state index < -0.39 is 7.60 Å². The molecule has 0 fully saturated rings. The first-order valence-corrected chi connectivity index (χ1v) is 19.1. The lowest BCUT2D eigenvalue weighted by atomic mass is 10.0. The average Bonchev–Trinajstić information content (AvgIpc) is 2.96. The van der Waals surface area contributed by atoms with Crippen LogP contribution in [0.5, 0.6) is 0 Å². The molecule has 0 spiro atoms. The van der Waals surface area contributed by atoms with Crippen molar-refractivity contribution in [3.63, 3.8) is 0 Å². The molecule has 0 aromatic heterocycles. The Hall–Kier alpha value is -2.56. The fourth-order valence-electron chi connectivity index (χ4n) is 4.42. The van der Waals surface area contributed by atoms with Crippen LogP contribution in [0.1, 0.15) is 61.6 Å². The van der Waals surface area contributed by atoms with Gasteiger partial charge < -0.3 is 25.0 Å². The van der Waals surface area contributed by atoms with Crippen LogP contribution in [0.2, 0.25) is 0 Å². The fraction of sp³-hybridized carbons (Fsp3) is 0.452. The minimum absolute atomic E-state index is 0.00760. The van der Waals surface area contributed by atoms with Gasteiger partial charge in [-0.3, -0.25) is 18.9 Å². The smallest absolute Gasteiger partial charge is 0.325 e. The summed E-state index contributed by atoms with van der Waals surface area (Å²) >= 11 is 0. The number of rotatable bonds is 18. The van der Waals surface area contributed by atoms with E-state index in [1.165, 1.54) is 6.66 Å². The van der Waals surface area contributed by atoms with Crippen molar-refractivity contribution in [1.82, 2.24) is 10.6 Å². The van der Waals surface area contributed by atoms with Gasteiger partial charge in [-0.2, -0.15) is 0 Å². The number of hydrogen-bond donors (Lipinski definition) is 3. The summed E-state index contributed by atoms with van der Waals surface area (Å²) in [7, 11) is -0.257. The quantitative estimate of drug-likeness (QED) is 0.104. The van der Waals surface area contributed by atoms with Gasteiger partial charge in [0.15, 0.2) is 0 Å². The first kappa shape index (κ1) is 34.9. The van der Waals surface area contributed by atoms with Crippen molar-refractivity contribution in [3.8, 4) is 0 Å². The monoisotopic (exact) mass is 647 g/mol. The number of benzene rings is 2. The predicted molar refractivity (Wildman–Crippen MR) is 178 cm³/mol. The van der Waals surface area contributed by atoms with Crippen LogP contribution in [0, 0.1) is 0 Å². The maximum Gasteiger partial charge on any atom is 0.325 e. The molecule has 1 heterocycles. The Bertz CT molecular complexity index is 1290. The van der Waals surface area contributed by atoms with E-state index in [1.807, 2.05) is 54.6 Å². The van der Waals surface area contributed by atoms with Crippen LogP contribution in [-0.4, -0.2) is 60.5 Å². The number of carbonyl (C=O) groups is 3. The van der Waals surface area contributed by atoms with Gasteiger partial charge in [0.1, 0.15) is 0 Å². The largest absolute Gasteiger partial charge is 0.356 e. The molecular weight excluding hydrogens is 605 g/mol. The van der Waals surface area contributed by atoms with Crippen molar-refractivity contribution in [1.29, 1.82) is 0 Å². The molecule has 9 nitrogen and oxygen atoms in total. The van der Waals surface area contributed by atoms with E-state index in [0.29, 0.717) is 37.4 Å². The molecule has 0 radical (unpaired) electrons. The summed E-state index contributed by atoms with van der Waals surface area (Å²) in [6, 6.07) is 15.9. The van der Waals surface area contributed by atoms with E-state index >= 15 is 0 Å². The first-order chi connectivity index (χ1) is 20.7. The van der Waals surface area contributed by atoms with Gasteiger partial charge in [0.05, 0.1) is 18.8 Å². The van der Waals surface area contributed by atoms with Crippen LogP contribution < -0.4 is 15.5 Å². The summed E-state index contributed by atoms with van der Waals surface area (Å²) in [5.41, 5.74) is 4.01. The lowest BCUT2D eigenvalue weighted by molar-refractivity contribution is -0.122. The molecule has 2 aromatic carbocycles. The second-order valence-electron chi connectivity index (χ2n) is 10.2. The SMILES string of the molecule is CP(=O)(O)OCCCCCCNC(=O)CCSSCCC(=O)NCCC(=O)N1Cc2ccccc2/C=C\c2ccccc21. The summed E-state index contributed by atoms with van der Waals surface area (Å²) in [6.07, 6.45) is 8.47. The molecule has 234 valence electrons. The zero-order valence-corrected chi connectivity index (χ0v) is 27.2. The van der Waals surface area contributed by atoms with Crippen LogP contribution in [-0.2, 0) is 30.0 Å². The summed E-state index contributed by atoms with van der Waals surface area (Å²) < 4.78 is 15.9. The number of carbonyl (C=O) groups excluding carboxylic acids is 3. The minimum atomic E-state index is -3.39. The molecule has 3 amide bonds. The standard InChI is InChI=1S/C31H42N3O6PS2/c1-41(38,39)40-21-9-3-2-8-19-32-29(35)17-22-42-43-23-18-30(36)33-20-16-31(37)34-24-27-12-5-4-10-25(27)14-15-26-11-6-7-13-28(26)34/h4-7,10-15H,2-3,8-9,16-24H2,1H3,(H,32,35)(H,33,36)(H,38,39)/b15-14-. The molecule has 0 aliphatic carbocycles.